The molecular formula is C17H14BrN5O2. The van der Waals surface area contributed by atoms with E-state index in [4.69, 9.17) is 4.42 Å². The fraction of sp³-hybridized carbons (Fsp3) is 0.0588. The normalized spacial score (nSPS) is 10.9. The lowest BCUT2D eigenvalue weighted by molar-refractivity contribution is -0.111. The van der Waals surface area contributed by atoms with Crippen molar-refractivity contribution in [2.24, 2.45) is 0 Å². The minimum absolute atomic E-state index is 0.131. The van der Waals surface area contributed by atoms with Crippen LogP contribution in [-0.4, -0.2) is 26.1 Å². The van der Waals surface area contributed by atoms with Crippen molar-refractivity contribution in [1.29, 1.82) is 0 Å². The van der Waals surface area contributed by atoms with E-state index in [9.17, 15) is 4.79 Å². The van der Waals surface area contributed by atoms with E-state index in [2.05, 4.69) is 43.2 Å². The fourth-order valence-corrected chi connectivity index (χ4v) is 2.27. The van der Waals surface area contributed by atoms with Crippen molar-refractivity contribution in [3.05, 3.63) is 65.4 Å². The van der Waals surface area contributed by atoms with Crippen molar-refractivity contribution in [2.45, 2.75) is 6.54 Å². The molecule has 0 aliphatic rings. The third-order valence-corrected chi connectivity index (χ3v) is 3.66. The Bertz CT molecular complexity index is 911. The van der Waals surface area contributed by atoms with Crippen molar-refractivity contribution in [2.75, 3.05) is 5.32 Å². The number of allylic oxidation sites excluding steroid dienone is 1. The maximum absolute atomic E-state index is 11.9. The SMILES string of the molecule is C=CCn1nnc(NC(=O)/C=C/c2ccc(-c3ccc(Br)cc3)o2)n1. The number of anilines is 1. The smallest absolute Gasteiger partial charge is 0.270 e. The number of tetrazole rings is 1. The third kappa shape index (κ3) is 4.51. The molecule has 2 aromatic heterocycles. The minimum Gasteiger partial charge on any atom is -0.457 e. The van der Waals surface area contributed by atoms with Gasteiger partial charge < -0.3 is 4.42 Å². The van der Waals surface area contributed by atoms with Gasteiger partial charge in [-0.25, -0.2) is 0 Å². The van der Waals surface area contributed by atoms with Gasteiger partial charge >= 0.3 is 0 Å². The number of carbonyl (C=O) groups excluding carboxylic acids is 1. The fourth-order valence-electron chi connectivity index (χ4n) is 2.01. The number of benzene rings is 1. The number of carbonyl (C=O) groups is 1. The summed E-state index contributed by atoms with van der Waals surface area (Å²) in [7, 11) is 0. The summed E-state index contributed by atoms with van der Waals surface area (Å²) in [6, 6.07) is 11.4. The molecule has 3 aromatic rings. The summed E-state index contributed by atoms with van der Waals surface area (Å²) in [6.07, 6.45) is 4.55. The monoisotopic (exact) mass is 399 g/mol. The van der Waals surface area contributed by atoms with Crippen LogP contribution in [0.2, 0.25) is 0 Å². The number of hydrogen-bond acceptors (Lipinski definition) is 5. The highest BCUT2D eigenvalue weighted by Crippen LogP contribution is 2.24. The van der Waals surface area contributed by atoms with Crippen molar-refractivity contribution >= 4 is 33.9 Å². The number of halogens is 1. The molecule has 25 heavy (non-hydrogen) atoms. The van der Waals surface area contributed by atoms with E-state index >= 15 is 0 Å². The Balaban J connectivity index is 1.62. The number of aromatic nitrogens is 4. The molecule has 7 nitrogen and oxygen atoms in total. The van der Waals surface area contributed by atoms with Gasteiger partial charge in [0.15, 0.2) is 0 Å². The van der Waals surface area contributed by atoms with E-state index in [1.165, 1.54) is 10.9 Å². The van der Waals surface area contributed by atoms with Crippen LogP contribution in [-0.2, 0) is 11.3 Å². The van der Waals surface area contributed by atoms with Crippen LogP contribution in [0, 0.1) is 0 Å². The van der Waals surface area contributed by atoms with Gasteiger partial charge in [0, 0.05) is 16.1 Å². The average molecular weight is 400 g/mol. The molecule has 1 aromatic carbocycles. The minimum atomic E-state index is -0.375. The van der Waals surface area contributed by atoms with Gasteiger partial charge in [-0.15, -0.1) is 11.7 Å². The van der Waals surface area contributed by atoms with Crippen LogP contribution in [0.5, 0.6) is 0 Å². The van der Waals surface area contributed by atoms with Gasteiger partial charge in [-0.2, -0.15) is 4.80 Å². The standard InChI is InChI=1S/C17H14BrN5O2/c1-2-11-23-21-17(20-22-23)19-16(24)10-8-14-7-9-15(25-14)12-3-5-13(18)6-4-12/h2-10H,1,11H2,(H,19,21,24)/b10-8+. The first kappa shape index (κ1) is 16.8. The van der Waals surface area contributed by atoms with Crippen molar-refractivity contribution < 1.29 is 9.21 Å². The van der Waals surface area contributed by atoms with Gasteiger partial charge in [-0.05, 0) is 35.6 Å². The number of furan rings is 1. The van der Waals surface area contributed by atoms with E-state index in [0.717, 1.165) is 15.8 Å². The first-order valence-corrected chi connectivity index (χ1v) is 8.17. The summed E-state index contributed by atoms with van der Waals surface area (Å²) in [5.74, 6) is 1.05. The molecule has 0 atom stereocenters. The molecule has 0 radical (unpaired) electrons. The number of hydrogen-bond donors (Lipinski definition) is 1. The Morgan fingerprint density at radius 1 is 1.28 bits per heavy atom. The van der Waals surface area contributed by atoms with Gasteiger partial charge in [0.25, 0.3) is 11.9 Å². The molecule has 2 heterocycles. The van der Waals surface area contributed by atoms with E-state index < -0.39 is 0 Å². The summed E-state index contributed by atoms with van der Waals surface area (Å²) >= 11 is 3.39. The van der Waals surface area contributed by atoms with Crippen LogP contribution >= 0.6 is 15.9 Å². The molecule has 0 unspecified atom stereocenters. The van der Waals surface area contributed by atoms with Crippen LogP contribution in [0.4, 0.5) is 5.95 Å². The Morgan fingerprint density at radius 2 is 2.08 bits per heavy atom. The molecule has 0 fully saturated rings. The highest BCUT2D eigenvalue weighted by Gasteiger charge is 2.06. The van der Waals surface area contributed by atoms with E-state index in [0.29, 0.717) is 12.3 Å². The Labute approximate surface area is 152 Å². The maximum atomic E-state index is 11.9. The van der Waals surface area contributed by atoms with E-state index in [-0.39, 0.29) is 11.9 Å². The topological polar surface area (TPSA) is 85.8 Å². The zero-order chi connectivity index (χ0) is 17.6. The van der Waals surface area contributed by atoms with Crippen molar-refractivity contribution in [3.8, 4) is 11.3 Å². The summed E-state index contributed by atoms with van der Waals surface area (Å²) in [4.78, 5) is 13.2. The molecular weight excluding hydrogens is 386 g/mol. The van der Waals surface area contributed by atoms with E-state index in [1.807, 2.05) is 30.3 Å². The molecule has 0 bridgehead atoms. The zero-order valence-electron chi connectivity index (χ0n) is 13.1. The number of nitrogens with one attached hydrogen (secondary N) is 1. The Kier molecular flexibility index (Phi) is 5.20. The predicted molar refractivity (Wildman–Crippen MR) is 97.5 cm³/mol. The molecule has 1 amide bonds. The summed E-state index contributed by atoms with van der Waals surface area (Å²) in [5, 5.41) is 14.0. The number of nitrogens with zero attached hydrogens (tertiary/aromatic N) is 4. The zero-order valence-corrected chi connectivity index (χ0v) is 14.7. The molecule has 0 saturated heterocycles. The summed E-state index contributed by atoms with van der Waals surface area (Å²) in [5.41, 5.74) is 0.954. The second-order valence-corrected chi connectivity index (χ2v) is 5.90. The van der Waals surface area contributed by atoms with Crippen molar-refractivity contribution in [3.63, 3.8) is 0 Å². The molecule has 0 spiro atoms. The van der Waals surface area contributed by atoms with Gasteiger partial charge in [0.2, 0.25) is 0 Å². The lowest BCUT2D eigenvalue weighted by Crippen LogP contribution is -2.09. The molecule has 126 valence electrons. The van der Waals surface area contributed by atoms with Gasteiger partial charge in [0.05, 0.1) is 6.54 Å². The predicted octanol–water partition coefficient (Wildman–Crippen LogP) is 3.53. The van der Waals surface area contributed by atoms with Crippen LogP contribution < -0.4 is 5.32 Å². The lowest BCUT2D eigenvalue weighted by atomic mass is 10.2. The molecule has 3 rings (SSSR count). The largest absolute Gasteiger partial charge is 0.457 e. The quantitative estimate of drug-likeness (QED) is 0.505. The second-order valence-electron chi connectivity index (χ2n) is 4.99. The first-order valence-electron chi connectivity index (χ1n) is 7.37. The van der Waals surface area contributed by atoms with Gasteiger partial charge in [0.1, 0.15) is 11.5 Å². The lowest BCUT2D eigenvalue weighted by Gasteiger charge is -1.96. The van der Waals surface area contributed by atoms with Gasteiger partial charge in [-0.3, -0.25) is 10.1 Å². The first-order chi connectivity index (χ1) is 12.1. The second kappa shape index (κ2) is 7.71. The Morgan fingerprint density at radius 3 is 2.84 bits per heavy atom. The van der Waals surface area contributed by atoms with Gasteiger partial charge in [-0.1, -0.05) is 39.2 Å². The highest BCUT2D eigenvalue weighted by molar-refractivity contribution is 9.10. The molecule has 0 aliphatic heterocycles. The third-order valence-electron chi connectivity index (χ3n) is 3.13. The maximum Gasteiger partial charge on any atom is 0.270 e. The summed E-state index contributed by atoms with van der Waals surface area (Å²) in [6.45, 7) is 4.00. The van der Waals surface area contributed by atoms with Crippen molar-refractivity contribution in [1.82, 2.24) is 20.2 Å². The Hall–Kier alpha value is -3.00. The molecule has 8 heteroatoms. The number of amides is 1. The van der Waals surface area contributed by atoms with E-state index in [1.54, 1.807) is 18.2 Å². The number of rotatable bonds is 6. The van der Waals surface area contributed by atoms with Crippen LogP contribution in [0.3, 0.4) is 0 Å². The molecule has 1 N–H and O–H groups in total. The molecule has 0 saturated carbocycles. The highest BCUT2D eigenvalue weighted by atomic mass is 79.9. The van der Waals surface area contributed by atoms with Crippen LogP contribution in [0.25, 0.3) is 17.4 Å². The van der Waals surface area contributed by atoms with Crippen LogP contribution in [0.15, 0.2) is 64.0 Å². The molecule has 0 aliphatic carbocycles. The average Bonchev–Trinajstić information content (AvgIpc) is 3.24. The summed E-state index contributed by atoms with van der Waals surface area (Å²) < 4.78 is 6.70. The van der Waals surface area contributed by atoms with Crippen LogP contribution in [0.1, 0.15) is 5.76 Å².